The van der Waals surface area contributed by atoms with Gasteiger partial charge in [0.05, 0.1) is 10.6 Å². The molecular weight excluding hydrogens is 323 g/mol. The standard InChI is InChI=1S/C12H14BrFOS2/c13-12-8(2-1-3-9(12)14)6-10(15)11-7-16-4-5-17-11/h1-3,10-11,15H,4-7H2. The first-order valence-corrected chi connectivity index (χ1v) is 8.48. The molecule has 1 aromatic rings. The molecule has 1 nitrogen and oxygen atoms in total. The minimum atomic E-state index is -0.397. The molecule has 17 heavy (non-hydrogen) atoms. The highest BCUT2D eigenvalue weighted by molar-refractivity contribution is 9.10. The third-order valence-corrected chi connectivity index (χ3v) is 6.53. The van der Waals surface area contributed by atoms with E-state index in [0.29, 0.717) is 10.9 Å². The van der Waals surface area contributed by atoms with Gasteiger partial charge in [0.15, 0.2) is 0 Å². The SMILES string of the molecule is OC(Cc1cccc(F)c1Br)C1CSCCS1. The van der Waals surface area contributed by atoms with Gasteiger partial charge >= 0.3 is 0 Å². The summed E-state index contributed by atoms with van der Waals surface area (Å²) < 4.78 is 13.8. The number of benzene rings is 1. The van der Waals surface area contributed by atoms with E-state index in [1.54, 1.807) is 6.07 Å². The third kappa shape index (κ3) is 3.63. The Morgan fingerprint density at radius 1 is 1.47 bits per heavy atom. The van der Waals surface area contributed by atoms with Crippen molar-refractivity contribution < 1.29 is 9.50 Å². The predicted molar refractivity (Wildman–Crippen MR) is 77.4 cm³/mol. The number of rotatable bonds is 3. The normalized spacial score (nSPS) is 22.4. The molecule has 1 fully saturated rings. The Labute approximate surface area is 118 Å². The maximum atomic E-state index is 13.3. The average molecular weight is 337 g/mol. The molecule has 1 heterocycles. The summed E-state index contributed by atoms with van der Waals surface area (Å²) in [6.07, 6.45) is 0.113. The Kier molecular flexibility index (Phi) is 5.21. The summed E-state index contributed by atoms with van der Waals surface area (Å²) in [7, 11) is 0. The Morgan fingerprint density at radius 2 is 2.29 bits per heavy atom. The second kappa shape index (κ2) is 6.45. The molecule has 94 valence electrons. The van der Waals surface area contributed by atoms with Crippen LogP contribution in [0.15, 0.2) is 22.7 Å². The lowest BCUT2D eigenvalue weighted by atomic mass is 10.1. The smallest absolute Gasteiger partial charge is 0.137 e. The Bertz CT molecular complexity index is 383. The summed E-state index contributed by atoms with van der Waals surface area (Å²) in [6, 6.07) is 4.97. The zero-order chi connectivity index (χ0) is 12.3. The van der Waals surface area contributed by atoms with Crippen LogP contribution in [-0.4, -0.2) is 33.7 Å². The number of aliphatic hydroxyl groups excluding tert-OH is 1. The molecule has 1 aromatic carbocycles. The van der Waals surface area contributed by atoms with E-state index in [0.717, 1.165) is 22.8 Å². The van der Waals surface area contributed by atoms with E-state index in [2.05, 4.69) is 15.9 Å². The van der Waals surface area contributed by atoms with E-state index in [1.165, 1.54) is 6.07 Å². The lowest BCUT2D eigenvalue weighted by molar-refractivity contribution is 0.177. The van der Waals surface area contributed by atoms with E-state index < -0.39 is 6.10 Å². The van der Waals surface area contributed by atoms with Gasteiger partial charge in [0.1, 0.15) is 5.82 Å². The summed E-state index contributed by atoms with van der Waals surface area (Å²) in [5.74, 6) is 2.98. The lowest BCUT2D eigenvalue weighted by Crippen LogP contribution is -2.30. The van der Waals surface area contributed by atoms with Gasteiger partial charge < -0.3 is 5.11 Å². The first-order chi connectivity index (χ1) is 8.18. The summed E-state index contributed by atoms with van der Waals surface area (Å²) >= 11 is 6.94. The van der Waals surface area contributed by atoms with Crippen molar-refractivity contribution in [1.29, 1.82) is 0 Å². The predicted octanol–water partition coefficient (Wildman–Crippen LogP) is 3.34. The van der Waals surface area contributed by atoms with Gasteiger partial charge in [-0.25, -0.2) is 4.39 Å². The van der Waals surface area contributed by atoms with Crippen LogP contribution in [-0.2, 0) is 6.42 Å². The van der Waals surface area contributed by atoms with Gasteiger partial charge in [-0.3, -0.25) is 0 Å². The van der Waals surface area contributed by atoms with Crippen molar-refractivity contribution in [2.75, 3.05) is 17.3 Å². The molecule has 0 saturated carbocycles. The molecule has 2 unspecified atom stereocenters. The minimum Gasteiger partial charge on any atom is -0.392 e. The number of hydrogen-bond donors (Lipinski definition) is 1. The fourth-order valence-electron chi connectivity index (χ4n) is 1.79. The zero-order valence-corrected chi connectivity index (χ0v) is 12.5. The first-order valence-electron chi connectivity index (χ1n) is 5.49. The maximum Gasteiger partial charge on any atom is 0.137 e. The summed E-state index contributed by atoms with van der Waals surface area (Å²) in [5, 5.41) is 10.4. The topological polar surface area (TPSA) is 20.2 Å². The van der Waals surface area contributed by atoms with E-state index >= 15 is 0 Å². The van der Waals surface area contributed by atoms with Gasteiger partial charge in [0, 0.05) is 28.9 Å². The third-order valence-electron chi connectivity index (χ3n) is 2.73. The van der Waals surface area contributed by atoms with Crippen LogP contribution >= 0.6 is 39.5 Å². The van der Waals surface area contributed by atoms with Gasteiger partial charge in [-0.05, 0) is 27.6 Å². The van der Waals surface area contributed by atoms with E-state index in [4.69, 9.17) is 0 Å². The van der Waals surface area contributed by atoms with Crippen LogP contribution in [0.2, 0.25) is 0 Å². The van der Waals surface area contributed by atoms with E-state index in [9.17, 15) is 9.50 Å². The van der Waals surface area contributed by atoms with Crippen molar-refractivity contribution in [3.05, 3.63) is 34.1 Å². The van der Waals surface area contributed by atoms with Gasteiger partial charge in [0.25, 0.3) is 0 Å². The summed E-state index contributed by atoms with van der Waals surface area (Å²) in [6.45, 7) is 0. The number of halogens is 2. The fourth-order valence-corrected chi connectivity index (χ4v) is 4.99. The van der Waals surface area contributed by atoms with Crippen molar-refractivity contribution in [3.8, 4) is 0 Å². The molecule has 1 aliphatic heterocycles. The van der Waals surface area contributed by atoms with Crippen LogP contribution in [0.4, 0.5) is 4.39 Å². The largest absolute Gasteiger partial charge is 0.392 e. The summed E-state index contributed by atoms with van der Waals surface area (Å²) in [5.41, 5.74) is 0.841. The number of aliphatic hydroxyl groups is 1. The molecule has 2 rings (SSSR count). The molecule has 0 amide bonds. The van der Waals surface area contributed by atoms with Gasteiger partial charge in [0.2, 0.25) is 0 Å². The molecule has 2 atom stereocenters. The van der Waals surface area contributed by atoms with E-state index in [1.807, 2.05) is 29.6 Å². The molecule has 5 heteroatoms. The van der Waals surface area contributed by atoms with Crippen molar-refractivity contribution >= 4 is 39.5 Å². The second-order valence-corrected chi connectivity index (χ2v) is 7.26. The Morgan fingerprint density at radius 3 is 3.00 bits per heavy atom. The molecule has 1 aliphatic rings. The molecule has 1 saturated heterocycles. The Balaban J connectivity index is 2.01. The quantitative estimate of drug-likeness (QED) is 0.914. The molecule has 0 aromatic heterocycles. The molecule has 0 spiro atoms. The monoisotopic (exact) mass is 336 g/mol. The van der Waals surface area contributed by atoms with Crippen molar-refractivity contribution in [2.45, 2.75) is 17.8 Å². The highest BCUT2D eigenvalue weighted by Gasteiger charge is 2.23. The molecule has 1 N–H and O–H groups in total. The van der Waals surface area contributed by atoms with E-state index in [-0.39, 0.29) is 11.1 Å². The van der Waals surface area contributed by atoms with Gasteiger partial charge in [-0.15, -0.1) is 0 Å². The van der Waals surface area contributed by atoms with Crippen molar-refractivity contribution in [1.82, 2.24) is 0 Å². The molecular formula is C12H14BrFOS2. The van der Waals surface area contributed by atoms with Crippen molar-refractivity contribution in [2.24, 2.45) is 0 Å². The maximum absolute atomic E-state index is 13.3. The average Bonchev–Trinajstić information content (AvgIpc) is 2.36. The molecule has 0 radical (unpaired) electrons. The van der Waals surface area contributed by atoms with Crippen LogP contribution in [0.5, 0.6) is 0 Å². The highest BCUT2D eigenvalue weighted by atomic mass is 79.9. The summed E-state index contributed by atoms with van der Waals surface area (Å²) in [4.78, 5) is 0. The van der Waals surface area contributed by atoms with Crippen LogP contribution in [0.3, 0.4) is 0 Å². The van der Waals surface area contributed by atoms with Crippen molar-refractivity contribution in [3.63, 3.8) is 0 Å². The van der Waals surface area contributed by atoms with Gasteiger partial charge in [-0.1, -0.05) is 12.1 Å². The number of thioether (sulfide) groups is 2. The van der Waals surface area contributed by atoms with Crippen LogP contribution < -0.4 is 0 Å². The number of hydrogen-bond acceptors (Lipinski definition) is 3. The van der Waals surface area contributed by atoms with Crippen LogP contribution in [0.1, 0.15) is 5.56 Å². The van der Waals surface area contributed by atoms with Crippen LogP contribution in [0.25, 0.3) is 0 Å². The lowest BCUT2D eigenvalue weighted by Gasteiger charge is -2.26. The second-order valence-electron chi connectivity index (χ2n) is 3.97. The first kappa shape index (κ1) is 13.7. The molecule has 0 aliphatic carbocycles. The molecule has 0 bridgehead atoms. The minimum absolute atomic E-state index is 0.264. The highest BCUT2D eigenvalue weighted by Crippen LogP contribution is 2.29. The van der Waals surface area contributed by atoms with Gasteiger partial charge in [-0.2, -0.15) is 23.5 Å². The Hall–Kier alpha value is 0.290. The van der Waals surface area contributed by atoms with Crippen LogP contribution in [0, 0.1) is 5.82 Å². The zero-order valence-electron chi connectivity index (χ0n) is 9.23. The fraction of sp³-hybridized carbons (Fsp3) is 0.500.